The lowest BCUT2D eigenvalue weighted by atomic mass is 10.3. The van der Waals surface area contributed by atoms with Crippen LogP contribution in [0.1, 0.15) is 20.3 Å². The van der Waals surface area contributed by atoms with Gasteiger partial charge in [0, 0.05) is 18.9 Å². The Morgan fingerprint density at radius 3 is 2.78 bits per heavy atom. The van der Waals surface area contributed by atoms with Gasteiger partial charge in [-0.2, -0.15) is 0 Å². The number of aliphatic carboxylic acids is 1. The molecule has 0 aromatic rings. The zero-order valence-corrected chi connectivity index (χ0v) is 11.5. The van der Waals surface area contributed by atoms with E-state index in [0.717, 1.165) is 6.42 Å². The van der Waals surface area contributed by atoms with Gasteiger partial charge in [0.1, 0.15) is 6.04 Å². The Labute approximate surface area is 111 Å². The highest BCUT2D eigenvalue weighted by Crippen LogP contribution is 2.31. The lowest BCUT2D eigenvalue weighted by Crippen LogP contribution is -2.50. The molecule has 18 heavy (non-hydrogen) atoms. The third-order valence-corrected chi connectivity index (χ3v) is 4.14. The molecule has 1 aliphatic heterocycles. The maximum absolute atomic E-state index is 12.0. The molecule has 2 unspecified atom stereocenters. The molecule has 1 heterocycles. The van der Waals surface area contributed by atoms with Crippen molar-refractivity contribution in [3.8, 4) is 0 Å². The number of amides is 2. The summed E-state index contributed by atoms with van der Waals surface area (Å²) in [5.74, 6) is -0.495. The number of hydrogen-bond donors (Lipinski definition) is 2. The number of carboxylic acids is 1. The Morgan fingerprint density at radius 1 is 1.50 bits per heavy atom. The van der Waals surface area contributed by atoms with Gasteiger partial charge in [-0.05, 0) is 13.3 Å². The first-order valence-electron chi connectivity index (χ1n) is 6.10. The van der Waals surface area contributed by atoms with Gasteiger partial charge in [0.05, 0.1) is 12.0 Å². The number of hydrogen-bond acceptors (Lipinski definition) is 4. The van der Waals surface area contributed by atoms with E-state index >= 15 is 0 Å². The monoisotopic (exact) mass is 276 g/mol. The lowest BCUT2D eigenvalue weighted by molar-refractivity contribution is -0.141. The Morgan fingerprint density at radius 2 is 2.22 bits per heavy atom. The van der Waals surface area contributed by atoms with Gasteiger partial charge in [0.25, 0.3) is 0 Å². The maximum atomic E-state index is 12.0. The quantitative estimate of drug-likeness (QED) is 0.707. The fraction of sp³-hybridized carbons (Fsp3) is 0.818. The highest BCUT2D eigenvalue weighted by atomic mass is 32.2. The van der Waals surface area contributed by atoms with Crippen LogP contribution in [0.5, 0.6) is 0 Å². The van der Waals surface area contributed by atoms with E-state index in [1.165, 1.54) is 16.7 Å². The number of carbonyl (C=O) groups is 2. The molecule has 6 nitrogen and oxygen atoms in total. The number of ether oxygens (including phenoxy) is 1. The van der Waals surface area contributed by atoms with Crippen molar-refractivity contribution in [3.63, 3.8) is 0 Å². The Hall–Kier alpha value is -0.950. The first-order valence-corrected chi connectivity index (χ1v) is 7.15. The molecule has 0 saturated carbocycles. The molecule has 0 bridgehead atoms. The summed E-state index contributed by atoms with van der Waals surface area (Å²) in [5.41, 5.74) is 0. The molecular weight excluding hydrogens is 256 g/mol. The summed E-state index contributed by atoms with van der Waals surface area (Å²) >= 11 is 1.51. The second-order valence-electron chi connectivity index (χ2n) is 3.89. The summed E-state index contributed by atoms with van der Waals surface area (Å²) in [4.78, 5) is 24.5. The molecule has 1 rings (SSSR count). The second-order valence-corrected chi connectivity index (χ2v) is 5.10. The van der Waals surface area contributed by atoms with Crippen LogP contribution in [0.4, 0.5) is 4.79 Å². The number of carboxylic acid groups (broad SMARTS) is 1. The minimum atomic E-state index is -0.946. The van der Waals surface area contributed by atoms with Crippen molar-refractivity contribution in [2.75, 3.05) is 25.5 Å². The molecule has 2 atom stereocenters. The summed E-state index contributed by atoms with van der Waals surface area (Å²) in [6.07, 6.45) is 0.743. The van der Waals surface area contributed by atoms with E-state index < -0.39 is 12.0 Å². The number of thioether (sulfide) groups is 1. The standard InChI is InChI=1S/C11H20N2O4S/c1-3-9-13(8(7-18-9)10(14)15)11(16)12-5-6-17-4-2/h8-9H,3-7H2,1-2H3,(H,12,16)(H,14,15). The minimum Gasteiger partial charge on any atom is -0.480 e. The third kappa shape index (κ3) is 3.78. The normalized spacial score (nSPS) is 23.1. The summed E-state index contributed by atoms with van der Waals surface area (Å²) in [7, 11) is 0. The number of nitrogens with one attached hydrogen (secondary N) is 1. The number of rotatable bonds is 6. The van der Waals surface area contributed by atoms with E-state index in [-0.39, 0.29) is 11.4 Å². The van der Waals surface area contributed by atoms with Crippen LogP contribution in [0.2, 0.25) is 0 Å². The molecule has 104 valence electrons. The van der Waals surface area contributed by atoms with Crippen LogP contribution >= 0.6 is 11.8 Å². The summed E-state index contributed by atoms with van der Waals surface area (Å²) < 4.78 is 5.12. The Balaban J connectivity index is 2.52. The molecule has 7 heteroatoms. The highest BCUT2D eigenvalue weighted by Gasteiger charge is 2.40. The van der Waals surface area contributed by atoms with Crippen LogP contribution in [-0.2, 0) is 9.53 Å². The largest absolute Gasteiger partial charge is 0.480 e. The summed E-state index contributed by atoms with van der Waals surface area (Å²) in [6.45, 7) is 5.27. The van der Waals surface area contributed by atoms with Crippen LogP contribution in [-0.4, -0.2) is 58.9 Å². The van der Waals surface area contributed by atoms with Gasteiger partial charge in [0.2, 0.25) is 0 Å². The molecule has 2 N–H and O–H groups in total. The molecule has 0 aromatic heterocycles. The summed E-state index contributed by atoms with van der Waals surface area (Å²) in [6, 6.07) is -1.05. The van der Waals surface area contributed by atoms with Crippen molar-refractivity contribution < 1.29 is 19.4 Å². The molecule has 0 radical (unpaired) electrons. The molecule has 0 aliphatic carbocycles. The van der Waals surface area contributed by atoms with E-state index in [1.54, 1.807) is 0 Å². The van der Waals surface area contributed by atoms with Crippen molar-refractivity contribution in [1.29, 1.82) is 0 Å². The van der Waals surface area contributed by atoms with Crippen LogP contribution < -0.4 is 5.32 Å². The average Bonchev–Trinajstić information content (AvgIpc) is 2.78. The molecular formula is C11H20N2O4S. The van der Waals surface area contributed by atoms with Crippen LogP contribution in [0.15, 0.2) is 0 Å². The topological polar surface area (TPSA) is 78.9 Å². The SMILES string of the molecule is CCOCCNC(=O)N1C(CC)SCC1C(=O)O. The predicted molar refractivity (Wildman–Crippen MR) is 69.7 cm³/mol. The highest BCUT2D eigenvalue weighted by molar-refractivity contribution is 8.00. The van der Waals surface area contributed by atoms with E-state index in [2.05, 4.69) is 5.32 Å². The first-order chi connectivity index (χ1) is 8.61. The number of carbonyl (C=O) groups excluding carboxylic acids is 1. The van der Waals surface area contributed by atoms with Crippen molar-refractivity contribution in [3.05, 3.63) is 0 Å². The van der Waals surface area contributed by atoms with Crippen LogP contribution in [0.3, 0.4) is 0 Å². The average molecular weight is 276 g/mol. The fourth-order valence-corrected chi connectivity index (χ4v) is 3.15. The number of urea groups is 1. The molecule has 1 saturated heterocycles. The Kier molecular flexibility index (Phi) is 6.28. The zero-order valence-electron chi connectivity index (χ0n) is 10.7. The maximum Gasteiger partial charge on any atom is 0.327 e. The molecule has 2 amide bonds. The predicted octanol–water partition coefficient (Wildman–Crippen LogP) is 0.971. The van der Waals surface area contributed by atoms with Crippen LogP contribution in [0, 0.1) is 0 Å². The van der Waals surface area contributed by atoms with Gasteiger partial charge < -0.3 is 15.2 Å². The minimum absolute atomic E-state index is 0.0572. The van der Waals surface area contributed by atoms with E-state index in [0.29, 0.717) is 25.5 Å². The first kappa shape index (κ1) is 15.1. The van der Waals surface area contributed by atoms with Gasteiger partial charge in [0.15, 0.2) is 0 Å². The van der Waals surface area contributed by atoms with Gasteiger partial charge in [-0.25, -0.2) is 9.59 Å². The fourth-order valence-electron chi connectivity index (χ4n) is 1.81. The summed E-state index contributed by atoms with van der Waals surface area (Å²) in [5, 5.41) is 11.7. The second kappa shape index (κ2) is 7.48. The zero-order chi connectivity index (χ0) is 13.5. The van der Waals surface area contributed by atoms with Gasteiger partial charge in [-0.3, -0.25) is 4.90 Å². The lowest BCUT2D eigenvalue weighted by Gasteiger charge is -2.26. The van der Waals surface area contributed by atoms with Crippen molar-refractivity contribution in [2.45, 2.75) is 31.7 Å². The van der Waals surface area contributed by atoms with Gasteiger partial charge in [-0.1, -0.05) is 6.92 Å². The van der Waals surface area contributed by atoms with E-state index in [9.17, 15) is 9.59 Å². The van der Waals surface area contributed by atoms with Crippen molar-refractivity contribution >= 4 is 23.8 Å². The van der Waals surface area contributed by atoms with E-state index in [1.807, 2.05) is 13.8 Å². The third-order valence-electron chi connectivity index (χ3n) is 2.69. The molecule has 1 aliphatic rings. The molecule has 0 spiro atoms. The smallest absolute Gasteiger partial charge is 0.327 e. The Bertz CT molecular complexity index is 301. The van der Waals surface area contributed by atoms with E-state index in [4.69, 9.17) is 9.84 Å². The number of nitrogens with zero attached hydrogens (tertiary/aromatic N) is 1. The molecule has 1 fully saturated rings. The van der Waals surface area contributed by atoms with Crippen LogP contribution in [0.25, 0.3) is 0 Å². The van der Waals surface area contributed by atoms with Crippen molar-refractivity contribution in [1.82, 2.24) is 10.2 Å². The van der Waals surface area contributed by atoms with Crippen molar-refractivity contribution in [2.24, 2.45) is 0 Å². The van der Waals surface area contributed by atoms with Gasteiger partial charge >= 0.3 is 12.0 Å². The van der Waals surface area contributed by atoms with Gasteiger partial charge in [-0.15, -0.1) is 11.8 Å². The molecule has 0 aromatic carbocycles.